The summed E-state index contributed by atoms with van der Waals surface area (Å²) < 4.78 is 40.0. The molecule has 9 heteroatoms. The van der Waals surface area contributed by atoms with Gasteiger partial charge in [0, 0.05) is 12.1 Å². The van der Waals surface area contributed by atoms with E-state index >= 15 is 0 Å². The normalized spacial score (nSPS) is 12.7. The number of aryl methyl sites for hydroxylation is 1. The molecule has 0 aliphatic carbocycles. The third kappa shape index (κ3) is 7.56. The van der Waals surface area contributed by atoms with Gasteiger partial charge >= 0.3 is 0 Å². The maximum atomic E-state index is 14.4. The van der Waals surface area contributed by atoms with Crippen LogP contribution in [0.3, 0.4) is 0 Å². The molecule has 0 bridgehead atoms. The average molecular weight is 478 g/mol. The lowest BCUT2D eigenvalue weighted by Gasteiger charge is -2.33. The van der Waals surface area contributed by atoms with Crippen LogP contribution in [0.2, 0.25) is 0 Å². The second kappa shape index (κ2) is 10.3. The van der Waals surface area contributed by atoms with Gasteiger partial charge in [-0.25, -0.2) is 12.8 Å². The summed E-state index contributed by atoms with van der Waals surface area (Å²) in [7, 11) is -3.98. The van der Waals surface area contributed by atoms with Crippen molar-refractivity contribution >= 4 is 27.5 Å². The number of rotatable bonds is 8. The molecule has 0 heterocycles. The third-order valence-electron chi connectivity index (χ3n) is 4.90. The average Bonchev–Trinajstić information content (AvgIpc) is 2.68. The van der Waals surface area contributed by atoms with E-state index in [4.69, 9.17) is 0 Å². The Hall–Kier alpha value is -2.94. The molecule has 0 saturated carbocycles. The molecule has 2 rings (SSSR count). The number of anilines is 1. The molecule has 0 aliphatic heterocycles. The van der Waals surface area contributed by atoms with Crippen molar-refractivity contribution in [1.82, 2.24) is 10.2 Å². The molecule has 0 fully saturated rings. The number of carbonyl (C=O) groups excluding carboxylic acids is 2. The van der Waals surface area contributed by atoms with Crippen molar-refractivity contribution < 1.29 is 22.4 Å². The van der Waals surface area contributed by atoms with Gasteiger partial charge in [-0.2, -0.15) is 0 Å². The number of hydrogen-bond donors (Lipinski definition) is 1. The summed E-state index contributed by atoms with van der Waals surface area (Å²) in [5.74, 6) is -1.76. The highest BCUT2D eigenvalue weighted by atomic mass is 32.2. The Morgan fingerprint density at radius 2 is 1.73 bits per heavy atom. The number of amides is 2. The van der Waals surface area contributed by atoms with Gasteiger partial charge in [0.25, 0.3) is 0 Å². The van der Waals surface area contributed by atoms with Gasteiger partial charge in [-0.3, -0.25) is 13.9 Å². The van der Waals surface area contributed by atoms with Crippen LogP contribution >= 0.6 is 0 Å². The Morgan fingerprint density at radius 3 is 2.27 bits per heavy atom. The first-order valence-corrected chi connectivity index (χ1v) is 12.4. The van der Waals surface area contributed by atoms with E-state index in [1.165, 1.54) is 23.1 Å². The molecule has 33 heavy (non-hydrogen) atoms. The second-order valence-corrected chi connectivity index (χ2v) is 11.1. The minimum Gasteiger partial charge on any atom is -0.350 e. The monoisotopic (exact) mass is 477 g/mol. The summed E-state index contributed by atoms with van der Waals surface area (Å²) in [4.78, 5) is 27.6. The quantitative estimate of drug-likeness (QED) is 0.633. The maximum absolute atomic E-state index is 14.4. The van der Waals surface area contributed by atoms with Crippen LogP contribution in [0.5, 0.6) is 0 Å². The van der Waals surface area contributed by atoms with E-state index in [9.17, 15) is 22.4 Å². The van der Waals surface area contributed by atoms with Gasteiger partial charge < -0.3 is 10.2 Å². The molecule has 1 atom stereocenters. The highest BCUT2D eigenvalue weighted by Gasteiger charge is 2.32. The number of halogens is 1. The van der Waals surface area contributed by atoms with E-state index in [0.29, 0.717) is 0 Å². The zero-order valence-corrected chi connectivity index (χ0v) is 20.7. The lowest BCUT2D eigenvalue weighted by atomic mass is 10.1. The summed E-state index contributed by atoms with van der Waals surface area (Å²) in [6, 6.07) is 11.9. The topological polar surface area (TPSA) is 86.8 Å². The summed E-state index contributed by atoms with van der Waals surface area (Å²) >= 11 is 0. The van der Waals surface area contributed by atoms with Crippen LogP contribution < -0.4 is 9.62 Å². The zero-order chi connectivity index (χ0) is 25.0. The smallest absolute Gasteiger partial charge is 0.244 e. The highest BCUT2D eigenvalue weighted by molar-refractivity contribution is 7.92. The molecule has 1 N–H and O–H groups in total. The maximum Gasteiger partial charge on any atom is 0.244 e. The molecule has 2 amide bonds. The fourth-order valence-electron chi connectivity index (χ4n) is 3.31. The van der Waals surface area contributed by atoms with E-state index in [1.807, 2.05) is 52.0 Å². The minimum atomic E-state index is -3.98. The van der Waals surface area contributed by atoms with Gasteiger partial charge in [0.05, 0.1) is 11.9 Å². The van der Waals surface area contributed by atoms with Gasteiger partial charge in [0.1, 0.15) is 18.4 Å². The SMILES string of the molecule is Cc1cccc(CN(C(=O)CN(c2ccccc2F)S(C)(=O)=O)[C@H](C)C(=O)NC(C)(C)C)c1. The molecule has 0 radical (unpaired) electrons. The van der Waals surface area contributed by atoms with Gasteiger partial charge in [-0.05, 0) is 52.3 Å². The number of nitrogens with zero attached hydrogens (tertiary/aromatic N) is 2. The summed E-state index contributed by atoms with van der Waals surface area (Å²) in [6.07, 6.45) is 0.910. The molecule has 2 aromatic rings. The highest BCUT2D eigenvalue weighted by Crippen LogP contribution is 2.22. The van der Waals surface area contributed by atoms with Crippen molar-refractivity contribution in [1.29, 1.82) is 0 Å². The van der Waals surface area contributed by atoms with Crippen molar-refractivity contribution in [2.75, 3.05) is 17.1 Å². The molecule has 0 saturated heterocycles. The van der Waals surface area contributed by atoms with Crippen LogP contribution in [0.1, 0.15) is 38.8 Å². The predicted octanol–water partition coefficient (Wildman–Crippen LogP) is 3.23. The Labute approximate surface area is 195 Å². The first-order chi connectivity index (χ1) is 15.2. The molecule has 180 valence electrons. The standard InChI is InChI=1S/C24H32FN3O4S/c1-17-10-9-11-19(14-17)15-27(18(2)23(30)26-24(3,4)5)22(29)16-28(33(6,31)32)21-13-8-7-12-20(21)25/h7-14,18H,15-16H2,1-6H3,(H,26,30)/t18-/m1/s1. The third-order valence-corrected chi connectivity index (χ3v) is 6.03. The zero-order valence-electron chi connectivity index (χ0n) is 19.9. The van der Waals surface area contributed by atoms with E-state index in [-0.39, 0.29) is 18.1 Å². The summed E-state index contributed by atoms with van der Waals surface area (Å²) in [6.45, 7) is 8.43. The fourth-order valence-corrected chi connectivity index (χ4v) is 4.16. The van der Waals surface area contributed by atoms with Gasteiger partial charge in [-0.1, -0.05) is 42.0 Å². The number of nitrogens with one attached hydrogen (secondary N) is 1. The largest absolute Gasteiger partial charge is 0.350 e. The number of benzene rings is 2. The Bertz CT molecular complexity index is 1110. The van der Waals surface area contributed by atoms with E-state index in [1.54, 1.807) is 6.92 Å². The fraction of sp³-hybridized carbons (Fsp3) is 0.417. The molecule has 0 spiro atoms. The van der Waals surface area contributed by atoms with Crippen molar-refractivity contribution in [3.05, 3.63) is 65.5 Å². The lowest BCUT2D eigenvalue weighted by Crippen LogP contribution is -2.54. The Balaban J connectivity index is 2.42. The molecule has 0 unspecified atom stereocenters. The predicted molar refractivity (Wildman–Crippen MR) is 128 cm³/mol. The van der Waals surface area contributed by atoms with Gasteiger partial charge in [0.2, 0.25) is 21.8 Å². The minimum absolute atomic E-state index is 0.0914. The van der Waals surface area contributed by atoms with Crippen LogP contribution in [0.4, 0.5) is 10.1 Å². The van der Waals surface area contributed by atoms with Crippen LogP contribution in [0.25, 0.3) is 0 Å². The number of carbonyl (C=O) groups is 2. The molecule has 2 aromatic carbocycles. The summed E-state index contributed by atoms with van der Waals surface area (Å²) in [5.41, 5.74) is 1.03. The summed E-state index contributed by atoms with van der Waals surface area (Å²) in [5, 5.41) is 2.85. The lowest BCUT2D eigenvalue weighted by molar-refractivity contribution is -0.140. The Kier molecular flexibility index (Phi) is 8.24. The Morgan fingerprint density at radius 1 is 1.09 bits per heavy atom. The van der Waals surface area contributed by atoms with Crippen molar-refractivity contribution in [3.8, 4) is 0 Å². The van der Waals surface area contributed by atoms with E-state index in [0.717, 1.165) is 27.8 Å². The number of hydrogen-bond acceptors (Lipinski definition) is 4. The van der Waals surface area contributed by atoms with E-state index < -0.39 is 39.9 Å². The van der Waals surface area contributed by atoms with Crippen LogP contribution in [-0.4, -0.2) is 49.5 Å². The first-order valence-electron chi connectivity index (χ1n) is 10.6. The second-order valence-electron chi connectivity index (χ2n) is 9.15. The molecule has 0 aliphatic rings. The molecule has 7 nitrogen and oxygen atoms in total. The van der Waals surface area contributed by atoms with Crippen LogP contribution in [0, 0.1) is 12.7 Å². The van der Waals surface area contributed by atoms with Crippen molar-refractivity contribution in [3.63, 3.8) is 0 Å². The molecular weight excluding hydrogens is 445 g/mol. The van der Waals surface area contributed by atoms with Crippen LogP contribution in [0.15, 0.2) is 48.5 Å². The van der Waals surface area contributed by atoms with E-state index in [2.05, 4.69) is 5.32 Å². The van der Waals surface area contributed by atoms with Gasteiger partial charge in [-0.15, -0.1) is 0 Å². The number of sulfonamides is 1. The van der Waals surface area contributed by atoms with Crippen molar-refractivity contribution in [2.45, 2.75) is 52.7 Å². The van der Waals surface area contributed by atoms with Crippen LogP contribution in [-0.2, 0) is 26.2 Å². The van der Waals surface area contributed by atoms with Crippen molar-refractivity contribution in [2.24, 2.45) is 0 Å². The number of para-hydroxylation sites is 1. The van der Waals surface area contributed by atoms with Gasteiger partial charge in [0.15, 0.2) is 0 Å². The molecular formula is C24H32FN3O4S. The first kappa shape index (κ1) is 26.3. The molecule has 0 aromatic heterocycles.